The number of ether oxygens (including phenoxy) is 7. The van der Waals surface area contributed by atoms with Crippen LogP contribution in [0.2, 0.25) is 0 Å². The predicted octanol–water partition coefficient (Wildman–Crippen LogP) is 4.48. The van der Waals surface area contributed by atoms with E-state index in [-0.39, 0.29) is 30.9 Å². The van der Waals surface area contributed by atoms with Crippen molar-refractivity contribution in [2.24, 2.45) is 0 Å². The van der Waals surface area contributed by atoms with Gasteiger partial charge in [-0.15, -0.1) is 0 Å². The third-order valence-corrected chi connectivity index (χ3v) is 7.11. The van der Waals surface area contributed by atoms with Crippen LogP contribution >= 0.6 is 0 Å². The summed E-state index contributed by atoms with van der Waals surface area (Å²) in [5, 5.41) is 10.7. The van der Waals surface area contributed by atoms with E-state index in [1.54, 1.807) is 115 Å². The summed E-state index contributed by atoms with van der Waals surface area (Å²) >= 11 is 0. The van der Waals surface area contributed by atoms with Gasteiger partial charge in [0.2, 0.25) is 0 Å². The average molecular weight is 643 g/mol. The molecule has 1 saturated heterocycles. The minimum Gasteiger partial charge on any atom is -0.493 e. The molecule has 5 atom stereocenters. The first-order valence-corrected chi connectivity index (χ1v) is 14.9. The summed E-state index contributed by atoms with van der Waals surface area (Å²) in [7, 11) is 1.50. The fourth-order valence-electron chi connectivity index (χ4n) is 4.75. The van der Waals surface area contributed by atoms with Crippen LogP contribution < -0.4 is 9.47 Å². The smallest absolute Gasteiger partial charge is 0.338 e. The molecular formula is C36H34O11. The molecule has 1 fully saturated rings. The van der Waals surface area contributed by atoms with Crippen LogP contribution in [0.25, 0.3) is 0 Å². The third-order valence-electron chi connectivity index (χ3n) is 7.11. The molecule has 0 aromatic heterocycles. The van der Waals surface area contributed by atoms with Gasteiger partial charge in [0, 0.05) is 0 Å². The Labute approximate surface area is 271 Å². The van der Waals surface area contributed by atoms with Crippen LogP contribution in [0, 0.1) is 0 Å². The summed E-state index contributed by atoms with van der Waals surface area (Å²) in [4.78, 5) is 39.2. The molecule has 0 spiro atoms. The van der Waals surface area contributed by atoms with Crippen LogP contribution in [0.1, 0.15) is 31.1 Å². The first-order chi connectivity index (χ1) is 22.9. The maximum absolute atomic E-state index is 13.2. The van der Waals surface area contributed by atoms with Gasteiger partial charge in [0.25, 0.3) is 0 Å². The molecule has 1 heterocycles. The second-order valence-electron chi connectivity index (χ2n) is 10.4. The molecule has 0 radical (unpaired) electrons. The van der Waals surface area contributed by atoms with Crippen LogP contribution in [0.4, 0.5) is 0 Å². The molecule has 5 rings (SSSR count). The van der Waals surface area contributed by atoms with Gasteiger partial charge in [-0.2, -0.15) is 0 Å². The van der Waals surface area contributed by atoms with Gasteiger partial charge in [-0.1, -0.05) is 66.7 Å². The highest BCUT2D eigenvalue weighted by Gasteiger charge is 2.51. The van der Waals surface area contributed by atoms with Crippen molar-refractivity contribution < 1.29 is 52.6 Å². The topological polar surface area (TPSA) is 136 Å². The van der Waals surface area contributed by atoms with Gasteiger partial charge >= 0.3 is 17.9 Å². The van der Waals surface area contributed by atoms with E-state index in [1.165, 1.54) is 7.11 Å². The molecule has 11 nitrogen and oxygen atoms in total. The molecule has 1 aliphatic rings. The number of esters is 3. The number of carbonyl (C=O) groups is 3. The highest BCUT2D eigenvalue weighted by Crippen LogP contribution is 2.31. The molecule has 0 bridgehead atoms. The second kappa shape index (κ2) is 16.4. The zero-order valence-electron chi connectivity index (χ0n) is 25.5. The number of rotatable bonds is 14. The Bertz CT molecular complexity index is 1600. The van der Waals surface area contributed by atoms with Crippen molar-refractivity contribution in [2.45, 2.75) is 30.7 Å². The van der Waals surface area contributed by atoms with E-state index in [2.05, 4.69) is 0 Å². The molecule has 4 aromatic rings. The van der Waals surface area contributed by atoms with Crippen molar-refractivity contribution in [3.8, 4) is 11.5 Å². The standard InChI is InChI=1S/C36H34O11/c1-41-28-19-11-12-20-29(28)42-21-27(37)22-44-36-32(47-35(40)26-17-9-4-10-18-26)31(46-34(39)25-15-7-3-8-16-25)30(45-36)23-43-33(38)24-13-5-2-6-14-24/h2-20,27,30-32,36-37H,21-23H2,1H3/t27-,30-,31-,32-,36-/m1/s1. The van der Waals surface area contributed by atoms with Crippen molar-refractivity contribution in [2.75, 3.05) is 26.9 Å². The van der Waals surface area contributed by atoms with E-state index in [4.69, 9.17) is 33.2 Å². The van der Waals surface area contributed by atoms with Crippen LogP contribution in [0.5, 0.6) is 11.5 Å². The van der Waals surface area contributed by atoms with E-state index in [9.17, 15) is 19.5 Å². The highest BCUT2D eigenvalue weighted by atomic mass is 16.7. The fraction of sp³-hybridized carbons (Fsp3) is 0.250. The summed E-state index contributed by atoms with van der Waals surface area (Å²) in [6.07, 6.45) is -6.13. The molecule has 11 heteroatoms. The lowest BCUT2D eigenvalue weighted by molar-refractivity contribution is -0.183. The number of hydrogen-bond donors (Lipinski definition) is 1. The lowest BCUT2D eigenvalue weighted by Crippen LogP contribution is -2.43. The van der Waals surface area contributed by atoms with Crippen LogP contribution in [0.15, 0.2) is 115 Å². The molecule has 0 unspecified atom stereocenters. The van der Waals surface area contributed by atoms with Crippen molar-refractivity contribution >= 4 is 17.9 Å². The largest absolute Gasteiger partial charge is 0.493 e. The molecular weight excluding hydrogens is 608 g/mol. The van der Waals surface area contributed by atoms with Crippen molar-refractivity contribution in [1.82, 2.24) is 0 Å². The SMILES string of the molecule is COc1ccccc1OC[C@@H](O)CO[C@@H]1O[C@H](COC(=O)c2ccccc2)[C@@H](OC(=O)c2ccccc2)[C@H]1OC(=O)c1ccccc1. The molecule has 1 N–H and O–H groups in total. The Kier molecular flexibility index (Phi) is 11.5. The zero-order chi connectivity index (χ0) is 33.0. The van der Waals surface area contributed by atoms with Gasteiger partial charge in [0.1, 0.15) is 25.4 Å². The Hall–Kier alpha value is -5.23. The minimum atomic E-state index is -1.32. The number of methoxy groups -OCH3 is 1. The Morgan fingerprint density at radius 1 is 0.660 bits per heavy atom. The summed E-state index contributed by atoms with van der Waals surface area (Å²) < 4.78 is 40.2. The van der Waals surface area contributed by atoms with Crippen LogP contribution in [0.3, 0.4) is 0 Å². The molecule has 0 aliphatic carbocycles. The Morgan fingerprint density at radius 3 is 1.70 bits per heavy atom. The van der Waals surface area contributed by atoms with Gasteiger partial charge in [-0.3, -0.25) is 0 Å². The van der Waals surface area contributed by atoms with E-state index in [1.807, 2.05) is 0 Å². The van der Waals surface area contributed by atoms with Crippen LogP contribution in [-0.4, -0.2) is 80.7 Å². The minimum absolute atomic E-state index is 0.161. The van der Waals surface area contributed by atoms with E-state index >= 15 is 0 Å². The van der Waals surface area contributed by atoms with E-state index in [0.717, 1.165) is 0 Å². The van der Waals surface area contributed by atoms with Crippen molar-refractivity contribution in [1.29, 1.82) is 0 Å². The fourth-order valence-corrected chi connectivity index (χ4v) is 4.75. The molecule has 0 saturated carbocycles. The van der Waals surface area contributed by atoms with Gasteiger partial charge in [-0.25, -0.2) is 14.4 Å². The molecule has 0 amide bonds. The first-order valence-electron chi connectivity index (χ1n) is 14.9. The Balaban J connectivity index is 1.35. The van der Waals surface area contributed by atoms with Gasteiger partial charge in [0.15, 0.2) is 30.0 Å². The zero-order valence-corrected chi connectivity index (χ0v) is 25.5. The van der Waals surface area contributed by atoms with Crippen molar-refractivity contribution in [3.05, 3.63) is 132 Å². The molecule has 1 aliphatic heterocycles. The monoisotopic (exact) mass is 642 g/mol. The Morgan fingerprint density at radius 2 is 1.15 bits per heavy atom. The second-order valence-corrected chi connectivity index (χ2v) is 10.4. The number of para-hydroxylation sites is 2. The summed E-state index contributed by atoms with van der Waals surface area (Å²) in [5.41, 5.74) is 0.791. The van der Waals surface area contributed by atoms with Gasteiger partial charge < -0.3 is 38.3 Å². The number of carbonyl (C=O) groups excluding carboxylic acids is 3. The van der Waals surface area contributed by atoms with E-state index in [0.29, 0.717) is 17.1 Å². The lowest BCUT2D eigenvalue weighted by atomic mass is 10.1. The number of aliphatic hydroxyl groups excluding tert-OH is 1. The van der Waals surface area contributed by atoms with Gasteiger partial charge in [-0.05, 0) is 48.5 Å². The first kappa shape index (κ1) is 33.1. The summed E-state index contributed by atoms with van der Waals surface area (Å²) in [6, 6.07) is 31.8. The summed E-state index contributed by atoms with van der Waals surface area (Å²) in [5.74, 6) is -1.16. The molecule has 47 heavy (non-hydrogen) atoms. The van der Waals surface area contributed by atoms with Gasteiger partial charge in [0.05, 0.1) is 30.4 Å². The quantitative estimate of drug-likeness (QED) is 0.154. The van der Waals surface area contributed by atoms with Crippen molar-refractivity contribution in [3.63, 3.8) is 0 Å². The molecule has 244 valence electrons. The van der Waals surface area contributed by atoms with Crippen LogP contribution in [-0.2, 0) is 23.7 Å². The predicted molar refractivity (Wildman–Crippen MR) is 167 cm³/mol. The lowest BCUT2D eigenvalue weighted by Gasteiger charge is -2.25. The number of benzene rings is 4. The maximum Gasteiger partial charge on any atom is 0.338 e. The highest BCUT2D eigenvalue weighted by molar-refractivity contribution is 5.91. The number of aliphatic hydroxyl groups is 1. The molecule has 4 aromatic carbocycles. The average Bonchev–Trinajstić information content (AvgIpc) is 3.44. The summed E-state index contributed by atoms with van der Waals surface area (Å²) in [6.45, 7) is -0.833. The number of hydrogen-bond acceptors (Lipinski definition) is 11. The van der Waals surface area contributed by atoms with E-state index < -0.39 is 48.6 Å². The normalized spacial score (nSPS) is 19.3. The third kappa shape index (κ3) is 8.95. The maximum atomic E-state index is 13.2.